The summed E-state index contributed by atoms with van der Waals surface area (Å²) in [6, 6.07) is 28.0. The van der Waals surface area contributed by atoms with E-state index in [0.717, 1.165) is 16.8 Å². The molecule has 6 rings (SSSR count). The second-order valence-corrected chi connectivity index (χ2v) is 11.2. The third kappa shape index (κ3) is 5.41. The topological polar surface area (TPSA) is 133 Å². The maximum atomic E-state index is 13.1. The summed E-state index contributed by atoms with van der Waals surface area (Å²) in [7, 11) is -3.77. The zero-order valence-electron chi connectivity index (χ0n) is 21.7. The van der Waals surface area contributed by atoms with Gasteiger partial charge in [0, 0.05) is 52.4 Å². The highest BCUT2D eigenvalue weighted by Crippen LogP contribution is 2.26. The molecule has 0 unspecified atom stereocenters. The molecule has 0 radical (unpaired) electrons. The molecule has 0 fully saturated rings. The molecule has 0 aliphatic heterocycles. The normalized spacial score (nSPS) is 11.4. The third-order valence-electron chi connectivity index (χ3n) is 6.56. The van der Waals surface area contributed by atoms with Crippen molar-refractivity contribution in [3.63, 3.8) is 0 Å². The predicted octanol–water partition coefficient (Wildman–Crippen LogP) is 5.16. The van der Waals surface area contributed by atoms with Crippen LogP contribution < -0.4 is 11.1 Å². The number of hydrogen-bond acceptors (Lipinski definition) is 7. The quantitative estimate of drug-likeness (QED) is 0.258. The van der Waals surface area contributed by atoms with Gasteiger partial charge in [-0.2, -0.15) is 0 Å². The van der Waals surface area contributed by atoms with Crippen molar-refractivity contribution in [2.24, 2.45) is 0 Å². The van der Waals surface area contributed by atoms with Crippen molar-refractivity contribution in [2.75, 3.05) is 11.1 Å². The van der Waals surface area contributed by atoms with E-state index in [4.69, 9.17) is 5.73 Å². The van der Waals surface area contributed by atoms with E-state index in [9.17, 15) is 13.2 Å². The Kier molecular flexibility index (Phi) is 6.74. The number of aromatic nitrogens is 4. The first-order chi connectivity index (χ1) is 19.9. The molecule has 0 bridgehead atoms. The number of nitrogen functional groups attached to an aromatic ring is 1. The molecule has 0 saturated heterocycles. The molecule has 10 heteroatoms. The summed E-state index contributed by atoms with van der Waals surface area (Å²) in [5, 5.41) is 3.59. The number of amides is 1. The Balaban J connectivity index is 1.22. The molecule has 6 aromatic rings. The minimum absolute atomic E-state index is 0.192. The van der Waals surface area contributed by atoms with Crippen molar-refractivity contribution in [2.45, 2.75) is 11.3 Å². The Bertz CT molecular complexity index is 1990. The summed E-state index contributed by atoms with van der Waals surface area (Å²) < 4.78 is 27.4. The van der Waals surface area contributed by atoms with Crippen molar-refractivity contribution in [3.8, 4) is 11.3 Å². The molecule has 3 aromatic heterocycles. The number of benzene rings is 3. The second kappa shape index (κ2) is 10.7. The number of pyridine rings is 1. The Morgan fingerprint density at radius 3 is 2.46 bits per heavy atom. The van der Waals surface area contributed by atoms with E-state index in [1.54, 1.807) is 66.9 Å². The number of rotatable bonds is 7. The molecule has 202 valence electrons. The van der Waals surface area contributed by atoms with E-state index in [1.807, 2.05) is 36.4 Å². The first-order valence-corrected chi connectivity index (χ1v) is 14.2. The van der Waals surface area contributed by atoms with Crippen LogP contribution in [-0.4, -0.2) is 33.2 Å². The van der Waals surface area contributed by atoms with Crippen LogP contribution in [0.5, 0.6) is 0 Å². The lowest BCUT2D eigenvalue weighted by Gasteiger charge is -2.09. The van der Waals surface area contributed by atoms with Gasteiger partial charge in [0.1, 0.15) is 6.33 Å². The van der Waals surface area contributed by atoms with Crippen LogP contribution in [0.2, 0.25) is 0 Å². The maximum absolute atomic E-state index is 13.1. The van der Waals surface area contributed by atoms with Gasteiger partial charge in [0.2, 0.25) is 0 Å². The lowest BCUT2D eigenvalue weighted by molar-refractivity contribution is 0.102. The van der Waals surface area contributed by atoms with Gasteiger partial charge in [-0.15, -0.1) is 0 Å². The van der Waals surface area contributed by atoms with Gasteiger partial charge in [-0.3, -0.25) is 4.79 Å². The Labute approximate surface area is 236 Å². The first-order valence-electron chi connectivity index (χ1n) is 12.7. The SMILES string of the molecule is Nc1ccc(C(=O)Nc2cccc(Cc3cc(-c4cnc5c(ccn5S(=O)(=O)c5ccccc5)c4)ncn3)c2)cc1. The van der Waals surface area contributed by atoms with Crippen LogP contribution in [0.4, 0.5) is 11.4 Å². The average Bonchev–Trinajstić information content (AvgIpc) is 3.43. The minimum Gasteiger partial charge on any atom is -0.399 e. The Morgan fingerprint density at radius 1 is 0.854 bits per heavy atom. The van der Waals surface area contributed by atoms with Crippen molar-refractivity contribution >= 4 is 38.3 Å². The molecule has 3 N–H and O–H groups in total. The minimum atomic E-state index is -3.77. The van der Waals surface area contributed by atoms with Crippen molar-refractivity contribution < 1.29 is 13.2 Å². The fourth-order valence-corrected chi connectivity index (χ4v) is 5.83. The zero-order chi connectivity index (χ0) is 28.4. The molecule has 3 aromatic carbocycles. The maximum Gasteiger partial charge on any atom is 0.269 e. The Morgan fingerprint density at radius 2 is 1.66 bits per heavy atom. The van der Waals surface area contributed by atoms with Gasteiger partial charge < -0.3 is 11.1 Å². The van der Waals surface area contributed by atoms with Crippen LogP contribution in [0.3, 0.4) is 0 Å². The number of carbonyl (C=O) groups excluding carboxylic acids is 1. The number of carbonyl (C=O) groups is 1. The molecular formula is C31H24N6O3S. The summed E-state index contributed by atoms with van der Waals surface area (Å²) in [4.78, 5) is 26.1. The van der Waals surface area contributed by atoms with Gasteiger partial charge >= 0.3 is 0 Å². The molecule has 0 atom stereocenters. The van der Waals surface area contributed by atoms with Gasteiger partial charge in [0.25, 0.3) is 15.9 Å². The largest absolute Gasteiger partial charge is 0.399 e. The summed E-state index contributed by atoms with van der Waals surface area (Å²) in [6.45, 7) is 0. The third-order valence-corrected chi connectivity index (χ3v) is 8.24. The smallest absolute Gasteiger partial charge is 0.269 e. The Hall–Kier alpha value is -5.35. The summed E-state index contributed by atoms with van der Waals surface area (Å²) in [5.74, 6) is -0.222. The predicted molar refractivity (Wildman–Crippen MR) is 158 cm³/mol. The van der Waals surface area contributed by atoms with Gasteiger partial charge in [-0.25, -0.2) is 27.3 Å². The van der Waals surface area contributed by atoms with Gasteiger partial charge in [0.15, 0.2) is 5.65 Å². The standard InChI is InChI=1S/C31H24N6O3S/c32-25-11-9-22(10-12-25)31(38)36-26-6-4-5-21(15-26)16-27-18-29(35-20-34-27)24-17-23-13-14-37(30(23)33-19-24)41(39,40)28-7-2-1-3-8-28/h1-15,17-20H,16,32H2,(H,36,38). The van der Waals surface area contributed by atoms with E-state index in [-0.39, 0.29) is 10.8 Å². The molecule has 0 spiro atoms. The number of nitrogens with one attached hydrogen (secondary N) is 1. The van der Waals surface area contributed by atoms with E-state index in [0.29, 0.717) is 40.1 Å². The summed E-state index contributed by atoms with van der Waals surface area (Å²) in [6.07, 6.45) is 5.13. The number of nitrogens with two attached hydrogens (primary N) is 1. The van der Waals surface area contributed by atoms with Crippen LogP contribution in [-0.2, 0) is 16.4 Å². The van der Waals surface area contributed by atoms with E-state index in [1.165, 1.54) is 16.5 Å². The monoisotopic (exact) mass is 560 g/mol. The van der Waals surface area contributed by atoms with Crippen LogP contribution in [0.15, 0.2) is 121 Å². The molecule has 41 heavy (non-hydrogen) atoms. The molecule has 0 aliphatic carbocycles. The molecule has 0 saturated carbocycles. The first kappa shape index (κ1) is 25.9. The molecule has 0 aliphatic rings. The van der Waals surface area contributed by atoms with Crippen LogP contribution >= 0.6 is 0 Å². The van der Waals surface area contributed by atoms with E-state index < -0.39 is 10.0 Å². The molecule has 1 amide bonds. The van der Waals surface area contributed by atoms with Gasteiger partial charge in [-0.05, 0) is 72.3 Å². The van der Waals surface area contributed by atoms with E-state index in [2.05, 4.69) is 20.3 Å². The highest BCUT2D eigenvalue weighted by Gasteiger charge is 2.19. The lowest BCUT2D eigenvalue weighted by Crippen LogP contribution is -2.12. The molecule has 3 heterocycles. The second-order valence-electron chi connectivity index (χ2n) is 9.41. The van der Waals surface area contributed by atoms with E-state index >= 15 is 0 Å². The fraction of sp³-hybridized carbons (Fsp3) is 0.0323. The summed E-state index contributed by atoms with van der Waals surface area (Å²) >= 11 is 0. The summed E-state index contributed by atoms with van der Waals surface area (Å²) in [5.41, 5.74) is 11.0. The van der Waals surface area contributed by atoms with Crippen LogP contribution in [0, 0.1) is 0 Å². The highest BCUT2D eigenvalue weighted by atomic mass is 32.2. The number of fused-ring (bicyclic) bond motifs is 1. The number of nitrogens with zero attached hydrogens (tertiary/aromatic N) is 4. The van der Waals surface area contributed by atoms with Crippen molar-refractivity contribution in [1.82, 2.24) is 18.9 Å². The zero-order valence-corrected chi connectivity index (χ0v) is 22.5. The number of anilines is 2. The highest BCUT2D eigenvalue weighted by molar-refractivity contribution is 7.90. The van der Waals surface area contributed by atoms with Crippen LogP contribution in [0.1, 0.15) is 21.6 Å². The van der Waals surface area contributed by atoms with Gasteiger partial charge in [0.05, 0.1) is 10.6 Å². The molecular weight excluding hydrogens is 536 g/mol. The van der Waals surface area contributed by atoms with Crippen LogP contribution in [0.25, 0.3) is 22.3 Å². The fourth-order valence-electron chi connectivity index (χ4n) is 4.50. The number of hydrogen-bond donors (Lipinski definition) is 2. The lowest BCUT2D eigenvalue weighted by atomic mass is 10.1. The van der Waals surface area contributed by atoms with Gasteiger partial charge in [-0.1, -0.05) is 30.3 Å². The van der Waals surface area contributed by atoms with Crippen molar-refractivity contribution in [1.29, 1.82) is 0 Å². The average molecular weight is 561 g/mol. The van der Waals surface area contributed by atoms with Crippen molar-refractivity contribution in [3.05, 3.63) is 133 Å². The molecule has 9 nitrogen and oxygen atoms in total.